The Bertz CT molecular complexity index is 163. The van der Waals surface area contributed by atoms with E-state index in [4.69, 9.17) is 0 Å². The Balaban J connectivity index is 4.64. The second kappa shape index (κ2) is 5.15. The normalized spacial score (nSPS) is 12.2. The zero-order chi connectivity index (χ0) is 10.5. The van der Waals surface area contributed by atoms with Crippen molar-refractivity contribution >= 4 is 12.6 Å². The van der Waals surface area contributed by atoms with E-state index >= 15 is 0 Å². The Hall–Kier alpha value is -0.660. The first-order chi connectivity index (χ1) is 6.01. The molecular weight excluding hydrogens is 164 g/mol. The van der Waals surface area contributed by atoms with Crippen LogP contribution in [0.25, 0.3) is 0 Å². The van der Waals surface area contributed by atoms with Crippen LogP contribution < -0.4 is 0 Å². The molecule has 0 amide bonds. The zero-order valence-electron chi connectivity index (χ0n) is 9.04. The van der Waals surface area contributed by atoms with E-state index in [-0.39, 0.29) is 5.41 Å². The highest BCUT2D eigenvalue weighted by molar-refractivity contribution is 5.61. The molecule has 0 aromatic carbocycles. The number of carbonyl (C=O) groups is 2. The SMILES string of the molecule is CC(C)C(C=O)(CCC=O)C(C)C. The van der Waals surface area contributed by atoms with E-state index in [1.165, 1.54) is 0 Å². The molecule has 0 N–H and O–H groups in total. The lowest BCUT2D eigenvalue weighted by molar-refractivity contribution is -0.122. The number of hydrogen-bond acceptors (Lipinski definition) is 2. The van der Waals surface area contributed by atoms with Gasteiger partial charge < -0.3 is 9.59 Å². The van der Waals surface area contributed by atoms with Gasteiger partial charge in [-0.05, 0) is 18.3 Å². The Kier molecular flexibility index (Phi) is 4.89. The molecule has 0 saturated carbocycles. The Morgan fingerprint density at radius 2 is 1.54 bits per heavy atom. The van der Waals surface area contributed by atoms with Gasteiger partial charge in [-0.3, -0.25) is 0 Å². The maximum Gasteiger partial charge on any atom is 0.126 e. The van der Waals surface area contributed by atoms with Crippen molar-refractivity contribution in [1.29, 1.82) is 0 Å². The lowest BCUT2D eigenvalue weighted by atomic mass is 9.67. The van der Waals surface area contributed by atoms with Gasteiger partial charge in [-0.25, -0.2) is 0 Å². The molecule has 0 aliphatic heterocycles. The van der Waals surface area contributed by atoms with Gasteiger partial charge in [0.1, 0.15) is 12.6 Å². The first-order valence-corrected chi connectivity index (χ1v) is 4.91. The van der Waals surface area contributed by atoms with E-state index in [0.717, 1.165) is 12.6 Å². The maximum absolute atomic E-state index is 11.1. The maximum atomic E-state index is 11.1. The van der Waals surface area contributed by atoms with Crippen LogP contribution in [-0.2, 0) is 9.59 Å². The molecule has 0 aromatic rings. The van der Waals surface area contributed by atoms with Gasteiger partial charge >= 0.3 is 0 Å². The molecular formula is C11H20O2. The third-order valence-corrected chi connectivity index (χ3v) is 3.06. The van der Waals surface area contributed by atoms with E-state index in [2.05, 4.69) is 0 Å². The van der Waals surface area contributed by atoms with Crippen molar-refractivity contribution in [1.82, 2.24) is 0 Å². The van der Waals surface area contributed by atoms with Crippen LogP contribution in [0, 0.1) is 17.3 Å². The highest BCUT2D eigenvalue weighted by Crippen LogP contribution is 2.37. The first kappa shape index (κ1) is 12.3. The average Bonchev–Trinajstić information content (AvgIpc) is 2.05. The molecule has 0 spiro atoms. The van der Waals surface area contributed by atoms with Crippen LogP contribution in [0.2, 0.25) is 0 Å². The van der Waals surface area contributed by atoms with E-state index in [1.54, 1.807) is 0 Å². The molecule has 0 unspecified atom stereocenters. The predicted molar refractivity (Wildman–Crippen MR) is 53.5 cm³/mol. The van der Waals surface area contributed by atoms with Gasteiger partial charge in [0, 0.05) is 11.8 Å². The minimum atomic E-state index is -0.319. The summed E-state index contributed by atoms with van der Waals surface area (Å²) in [4.78, 5) is 21.4. The standard InChI is InChI=1S/C11H20O2/c1-9(2)11(8-13,10(3)4)6-5-7-12/h7-10H,5-6H2,1-4H3. The molecule has 0 heterocycles. The van der Waals surface area contributed by atoms with Gasteiger partial charge in [0.15, 0.2) is 0 Å². The third-order valence-electron chi connectivity index (χ3n) is 3.06. The molecule has 0 radical (unpaired) electrons. The van der Waals surface area contributed by atoms with Crippen LogP contribution in [0.3, 0.4) is 0 Å². The smallest absolute Gasteiger partial charge is 0.126 e. The number of carbonyl (C=O) groups excluding carboxylic acids is 2. The van der Waals surface area contributed by atoms with Crippen molar-refractivity contribution in [2.45, 2.75) is 40.5 Å². The summed E-state index contributed by atoms with van der Waals surface area (Å²) in [6.45, 7) is 8.16. The summed E-state index contributed by atoms with van der Waals surface area (Å²) >= 11 is 0. The van der Waals surface area contributed by atoms with Crippen molar-refractivity contribution in [3.05, 3.63) is 0 Å². The largest absolute Gasteiger partial charge is 0.303 e. The number of aldehydes is 2. The van der Waals surface area contributed by atoms with Crippen LogP contribution in [0.4, 0.5) is 0 Å². The summed E-state index contributed by atoms with van der Waals surface area (Å²) in [5.41, 5.74) is -0.319. The van der Waals surface area contributed by atoms with Crippen LogP contribution in [0.15, 0.2) is 0 Å². The summed E-state index contributed by atoms with van der Waals surface area (Å²) in [5, 5.41) is 0. The fourth-order valence-corrected chi connectivity index (χ4v) is 1.88. The first-order valence-electron chi connectivity index (χ1n) is 4.91. The van der Waals surface area contributed by atoms with Gasteiger partial charge in [-0.1, -0.05) is 27.7 Å². The second-order valence-corrected chi connectivity index (χ2v) is 4.24. The number of hydrogen-bond donors (Lipinski definition) is 0. The van der Waals surface area contributed by atoms with Gasteiger partial charge in [0.25, 0.3) is 0 Å². The summed E-state index contributed by atoms with van der Waals surface area (Å²) in [7, 11) is 0. The molecule has 0 aliphatic carbocycles. The van der Waals surface area contributed by atoms with Crippen molar-refractivity contribution in [2.75, 3.05) is 0 Å². The Morgan fingerprint density at radius 3 is 1.77 bits per heavy atom. The summed E-state index contributed by atoms with van der Waals surface area (Å²) in [6.07, 6.45) is 3.08. The highest BCUT2D eigenvalue weighted by Gasteiger charge is 2.36. The van der Waals surface area contributed by atoms with Crippen LogP contribution in [0.5, 0.6) is 0 Å². The lowest BCUT2D eigenvalue weighted by Crippen LogP contribution is -2.34. The molecule has 0 aromatic heterocycles. The lowest BCUT2D eigenvalue weighted by Gasteiger charge is -2.35. The van der Waals surface area contributed by atoms with E-state index in [0.29, 0.717) is 24.7 Å². The molecule has 0 rings (SSSR count). The van der Waals surface area contributed by atoms with Crippen molar-refractivity contribution < 1.29 is 9.59 Å². The topological polar surface area (TPSA) is 34.1 Å². The second-order valence-electron chi connectivity index (χ2n) is 4.24. The molecule has 13 heavy (non-hydrogen) atoms. The van der Waals surface area contributed by atoms with Crippen molar-refractivity contribution in [2.24, 2.45) is 17.3 Å². The summed E-state index contributed by atoms with van der Waals surface area (Å²) in [5.74, 6) is 0.592. The molecule has 2 heteroatoms. The Morgan fingerprint density at radius 1 is 1.08 bits per heavy atom. The fourth-order valence-electron chi connectivity index (χ4n) is 1.88. The van der Waals surface area contributed by atoms with Crippen LogP contribution in [-0.4, -0.2) is 12.6 Å². The average molecular weight is 184 g/mol. The van der Waals surface area contributed by atoms with E-state index < -0.39 is 0 Å². The summed E-state index contributed by atoms with van der Waals surface area (Å²) in [6, 6.07) is 0. The van der Waals surface area contributed by atoms with Crippen molar-refractivity contribution in [3.8, 4) is 0 Å². The molecule has 0 saturated heterocycles. The van der Waals surface area contributed by atoms with Gasteiger partial charge in [0.2, 0.25) is 0 Å². The minimum Gasteiger partial charge on any atom is -0.303 e. The Labute approximate surface area is 80.7 Å². The van der Waals surface area contributed by atoms with Crippen molar-refractivity contribution in [3.63, 3.8) is 0 Å². The minimum absolute atomic E-state index is 0.296. The summed E-state index contributed by atoms with van der Waals surface area (Å²) < 4.78 is 0. The van der Waals surface area contributed by atoms with Crippen LogP contribution in [0.1, 0.15) is 40.5 Å². The van der Waals surface area contributed by atoms with Gasteiger partial charge in [-0.2, -0.15) is 0 Å². The fraction of sp³-hybridized carbons (Fsp3) is 0.818. The van der Waals surface area contributed by atoms with Gasteiger partial charge in [0.05, 0.1) is 0 Å². The quantitative estimate of drug-likeness (QED) is 0.594. The molecule has 0 bridgehead atoms. The molecule has 0 atom stereocenters. The molecule has 0 aliphatic rings. The third kappa shape index (κ3) is 2.64. The molecule has 76 valence electrons. The monoisotopic (exact) mass is 184 g/mol. The van der Waals surface area contributed by atoms with Crippen LogP contribution >= 0.6 is 0 Å². The predicted octanol–water partition coefficient (Wildman–Crippen LogP) is 2.46. The highest BCUT2D eigenvalue weighted by atomic mass is 16.1. The molecule has 2 nitrogen and oxygen atoms in total. The van der Waals surface area contributed by atoms with Gasteiger partial charge in [-0.15, -0.1) is 0 Å². The molecule has 0 fully saturated rings. The van der Waals surface area contributed by atoms with E-state index in [9.17, 15) is 9.59 Å². The number of rotatable bonds is 6. The zero-order valence-corrected chi connectivity index (χ0v) is 9.04. The van der Waals surface area contributed by atoms with E-state index in [1.807, 2.05) is 27.7 Å².